The molecule has 0 saturated carbocycles. The number of carbonyl (C=O) groups excluding carboxylic acids is 4. The number of thiazole rings is 1. The molecule has 1 saturated heterocycles. The Hall–Kier alpha value is -4.15. The third-order valence-electron chi connectivity index (χ3n) is 6.22. The number of nitrogens with zero attached hydrogens (tertiary/aromatic N) is 6. The second-order valence-electron chi connectivity index (χ2n) is 8.70. The van der Waals surface area contributed by atoms with E-state index in [1.54, 1.807) is 6.92 Å². The summed E-state index contributed by atoms with van der Waals surface area (Å²) in [7, 11) is 0. The predicted octanol–water partition coefficient (Wildman–Crippen LogP) is -1.16. The lowest BCUT2D eigenvalue weighted by Gasteiger charge is -2.50. The Morgan fingerprint density at radius 1 is 1.32 bits per heavy atom. The highest BCUT2D eigenvalue weighted by Crippen LogP contribution is 2.40. The van der Waals surface area contributed by atoms with E-state index in [0.29, 0.717) is 10.3 Å². The van der Waals surface area contributed by atoms with Crippen molar-refractivity contribution < 1.29 is 38.9 Å². The van der Waals surface area contributed by atoms with Gasteiger partial charge in [0.05, 0.1) is 17.9 Å². The number of aliphatic carboxylic acids is 1. The van der Waals surface area contributed by atoms with E-state index in [-0.39, 0.29) is 40.8 Å². The Labute approximate surface area is 244 Å². The van der Waals surface area contributed by atoms with Gasteiger partial charge in [0.1, 0.15) is 48.5 Å². The van der Waals surface area contributed by atoms with Gasteiger partial charge in [-0.05, 0) is 13.0 Å². The Bertz CT molecular complexity index is 1690. The van der Waals surface area contributed by atoms with Crippen molar-refractivity contribution in [2.75, 3.05) is 18.2 Å². The highest BCUT2D eigenvalue weighted by Gasteiger charge is 2.53. The monoisotopic (exact) mass is 619 g/mol. The molecule has 0 bridgehead atoms. The molecule has 214 valence electrons. The molecule has 2 N–H and O–H groups in total. The third-order valence-corrected chi connectivity index (χ3v) is 8.60. The number of alkyl halides is 1. The van der Waals surface area contributed by atoms with Crippen LogP contribution in [0.4, 0.5) is 0 Å². The first kappa shape index (κ1) is 28.4. The summed E-state index contributed by atoms with van der Waals surface area (Å²) in [5.41, 5.74) is 0.578. The normalized spacial score (nSPS) is 19.3. The fraction of sp³-hybridized carbons (Fsp3) is 0.292. The first-order valence-corrected chi connectivity index (χ1v) is 14.6. The van der Waals surface area contributed by atoms with E-state index in [0.717, 1.165) is 21.9 Å². The summed E-state index contributed by atoms with van der Waals surface area (Å²) in [5.74, 6) is -3.83. The van der Waals surface area contributed by atoms with Crippen LogP contribution in [0.5, 0.6) is 0 Å². The van der Waals surface area contributed by atoms with Gasteiger partial charge in [-0.3, -0.25) is 19.3 Å². The molecule has 0 unspecified atom stereocenters. The molecule has 0 aromatic carbocycles. The number of thioether (sulfide) groups is 1. The number of nitrogens with one attached hydrogen (secondary N) is 1. The molecule has 5 rings (SSSR count). The fourth-order valence-corrected chi connectivity index (χ4v) is 6.58. The number of amides is 3. The van der Waals surface area contributed by atoms with Gasteiger partial charge < -0.3 is 25.3 Å². The van der Waals surface area contributed by atoms with Crippen molar-refractivity contribution in [2.24, 2.45) is 10.1 Å². The maximum Gasteiger partial charge on any atom is 0.286 e. The largest absolute Gasteiger partial charge is 0.543 e. The minimum atomic E-state index is -1.49. The van der Waals surface area contributed by atoms with Crippen molar-refractivity contribution in [1.82, 2.24) is 19.3 Å². The number of oxime groups is 1. The topological polar surface area (TPSA) is 174 Å². The fourth-order valence-electron chi connectivity index (χ4n) is 4.40. The van der Waals surface area contributed by atoms with Crippen LogP contribution in [0.15, 0.2) is 63.6 Å². The SMILES string of the molecule is CCO/N=C(\C(=O)N[C@@H]1C(=O)N2C(C(=O)[O-])=C(C[n+]3ccn4ccccc43)CS[C@@H]12)c1csc(=NC(=O)CCl)n1O. The molecule has 3 aromatic heterocycles. The number of fused-ring (bicyclic) bond motifs is 2. The van der Waals surface area contributed by atoms with Crippen molar-refractivity contribution in [2.45, 2.75) is 24.9 Å². The number of imidazole rings is 1. The Morgan fingerprint density at radius 3 is 2.85 bits per heavy atom. The summed E-state index contributed by atoms with van der Waals surface area (Å²) in [5, 5.41) is 29.6. The van der Waals surface area contributed by atoms with Crippen LogP contribution >= 0.6 is 34.7 Å². The average molecular weight is 620 g/mol. The van der Waals surface area contributed by atoms with Crippen LogP contribution in [-0.4, -0.2) is 78.3 Å². The maximum atomic E-state index is 13.2. The number of carbonyl (C=O) groups is 4. The molecule has 2 aliphatic heterocycles. The van der Waals surface area contributed by atoms with Crippen molar-refractivity contribution in [3.63, 3.8) is 0 Å². The number of rotatable bonds is 9. The number of pyridine rings is 1. The molecule has 0 radical (unpaired) electrons. The zero-order chi connectivity index (χ0) is 29.3. The molecule has 0 aliphatic carbocycles. The number of β-lactam (4-membered cyclic amide) rings is 1. The number of carboxylic acids is 1. The standard InChI is InChI=1S/C24H22ClN7O7S2/c1-2-39-28-17(14-12-41-24(32(14)38)26-15(33)9-25)20(34)27-18-21(35)31-19(23(36)37)13(11-40-22(18)31)10-30-8-7-29-6-4-3-5-16(29)30/h3-8,12,18,22,38H,2,9-11H2,1H3,(H-,27,34,36,37)/b26-24?,28-17-/t18-,22+/m1/s1. The van der Waals surface area contributed by atoms with E-state index in [9.17, 15) is 29.5 Å². The zero-order valence-corrected chi connectivity index (χ0v) is 23.7. The van der Waals surface area contributed by atoms with Crippen molar-refractivity contribution in [3.05, 3.63) is 63.9 Å². The summed E-state index contributed by atoms with van der Waals surface area (Å²) < 4.78 is 4.24. The molecule has 2 atom stereocenters. The summed E-state index contributed by atoms with van der Waals surface area (Å²) >= 11 is 7.62. The van der Waals surface area contributed by atoms with Crippen molar-refractivity contribution in [3.8, 4) is 0 Å². The molecule has 41 heavy (non-hydrogen) atoms. The van der Waals surface area contributed by atoms with E-state index >= 15 is 0 Å². The lowest BCUT2D eigenvalue weighted by atomic mass is 10.0. The predicted molar refractivity (Wildman–Crippen MR) is 144 cm³/mol. The van der Waals surface area contributed by atoms with Crippen LogP contribution in [0.3, 0.4) is 0 Å². The van der Waals surface area contributed by atoms with Gasteiger partial charge in [0.15, 0.2) is 5.71 Å². The number of hydrogen-bond acceptors (Lipinski definition) is 10. The van der Waals surface area contributed by atoms with Gasteiger partial charge in [0, 0.05) is 22.8 Å². The van der Waals surface area contributed by atoms with Crippen molar-refractivity contribution >= 4 is 69.7 Å². The van der Waals surface area contributed by atoms with Gasteiger partial charge in [-0.1, -0.05) is 11.2 Å². The van der Waals surface area contributed by atoms with E-state index in [4.69, 9.17) is 16.4 Å². The second-order valence-corrected chi connectivity index (χ2v) is 10.9. The zero-order valence-electron chi connectivity index (χ0n) is 21.3. The highest BCUT2D eigenvalue weighted by atomic mass is 35.5. The molecule has 0 spiro atoms. The van der Waals surface area contributed by atoms with Crippen LogP contribution in [0.25, 0.3) is 5.65 Å². The Morgan fingerprint density at radius 2 is 2.12 bits per heavy atom. The number of carboxylic acid groups (broad SMARTS) is 1. The van der Waals surface area contributed by atoms with Crippen LogP contribution in [0.2, 0.25) is 0 Å². The van der Waals surface area contributed by atoms with Crippen LogP contribution in [0, 0.1) is 0 Å². The quantitative estimate of drug-likeness (QED) is 0.0753. The van der Waals surface area contributed by atoms with E-state index < -0.39 is 41.0 Å². The Balaban J connectivity index is 1.38. The van der Waals surface area contributed by atoms with E-state index in [1.165, 1.54) is 17.1 Å². The summed E-state index contributed by atoms with van der Waals surface area (Å²) in [4.78, 5) is 59.8. The first-order chi connectivity index (χ1) is 19.7. The second kappa shape index (κ2) is 11.8. The van der Waals surface area contributed by atoms with Gasteiger partial charge in [-0.15, -0.1) is 34.7 Å². The van der Waals surface area contributed by atoms with Gasteiger partial charge >= 0.3 is 0 Å². The molecule has 1 fully saturated rings. The molecule has 3 aromatic rings. The average Bonchev–Trinajstić information content (AvgIpc) is 3.54. The molecular weight excluding hydrogens is 598 g/mol. The molecule has 3 amide bonds. The van der Waals surface area contributed by atoms with E-state index in [2.05, 4.69) is 15.5 Å². The highest BCUT2D eigenvalue weighted by molar-refractivity contribution is 8.00. The smallest absolute Gasteiger partial charge is 0.286 e. The van der Waals surface area contributed by atoms with Crippen LogP contribution < -0.4 is 19.8 Å². The lowest BCUT2D eigenvalue weighted by Crippen LogP contribution is -2.71. The third kappa shape index (κ3) is 5.32. The molecule has 5 heterocycles. The van der Waals surface area contributed by atoms with Gasteiger partial charge in [0.2, 0.25) is 4.80 Å². The summed E-state index contributed by atoms with van der Waals surface area (Å²) in [6, 6.07) is 4.54. The maximum absolute atomic E-state index is 13.2. The minimum Gasteiger partial charge on any atom is -0.543 e. The number of halogens is 1. The van der Waals surface area contributed by atoms with Crippen LogP contribution in [0.1, 0.15) is 12.6 Å². The van der Waals surface area contributed by atoms with Gasteiger partial charge in [-0.25, -0.2) is 8.97 Å². The Kier molecular flexibility index (Phi) is 8.14. The van der Waals surface area contributed by atoms with Gasteiger partial charge in [0.25, 0.3) is 23.4 Å². The number of hydrogen-bond donors (Lipinski definition) is 2. The number of aromatic nitrogens is 3. The summed E-state index contributed by atoms with van der Waals surface area (Å²) in [6.07, 6.45) is 5.52. The molecular formula is C24H22ClN7O7S2. The molecule has 17 heteroatoms. The van der Waals surface area contributed by atoms with Crippen molar-refractivity contribution in [1.29, 1.82) is 0 Å². The molecule has 14 nitrogen and oxygen atoms in total. The van der Waals surface area contributed by atoms with Crippen LogP contribution in [-0.2, 0) is 30.6 Å². The summed E-state index contributed by atoms with van der Waals surface area (Å²) in [6.45, 7) is 1.95. The first-order valence-electron chi connectivity index (χ1n) is 12.1. The molecule has 2 aliphatic rings. The van der Waals surface area contributed by atoms with Gasteiger partial charge in [-0.2, -0.15) is 9.72 Å². The van der Waals surface area contributed by atoms with E-state index in [1.807, 2.05) is 45.8 Å². The lowest BCUT2D eigenvalue weighted by molar-refractivity contribution is -0.662. The minimum absolute atomic E-state index is 0.0979.